The number of carboxylic acid groups (broad SMARTS) is 1. The minimum Gasteiger partial charge on any atom is -0.480 e. The lowest BCUT2D eigenvalue weighted by Gasteiger charge is -2.20. The van der Waals surface area contributed by atoms with E-state index in [1.807, 2.05) is 24.0 Å². The zero-order valence-corrected chi connectivity index (χ0v) is 9.18. The maximum Gasteiger partial charge on any atom is 0.325 e. The summed E-state index contributed by atoms with van der Waals surface area (Å²) < 4.78 is 0. The quantitative estimate of drug-likeness (QED) is 0.754. The molecule has 1 aliphatic heterocycles. The van der Waals surface area contributed by atoms with E-state index in [4.69, 9.17) is 10.8 Å². The van der Waals surface area contributed by atoms with Gasteiger partial charge in [0.05, 0.1) is 0 Å². The summed E-state index contributed by atoms with van der Waals surface area (Å²) in [5.41, 5.74) is 5.74. The Balaban J connectivity index is 2.15. The topological polar surface area (TPSA) is 79.5 Å². The first-order valence-corrected chi connectivity index (χ1v) is 5.21. The van der Waals surface area contributed by atoms with Crippen molar-refractivity contribution in [3.63, 3.8) is 0 Å². The van der Waals surface area contributed by atoms with Crippen LogP contribution in [0.25, 0.3) is 0 Å². The second-order valence-electron chi connectivity index (χ2n) is 4.33. The minimum atomic E-state index is -1.13. The van der Waals surface area contributed by atoms with Gasteiger partial charge >= 0.3 is 5.97 Å². The summed E-state index contributed by atoms with van der Waals surface area (Å²) in [5, 5.41) is 9.01. The van der Waals surface area contributed by atoms with Gasteiger partial charge in [0.1, 0.15) is 11.4 Å². The van der Waals surface area contributed by atoms with Crippen molar-refractivity contribution in [2.45, 2.75) is 18.9 Å². The third-order valence-corrected chi connectivity index (χ3v) is 2.95. The van der Waals surface area contributed by atoms with Gasteiger partial charge in [-0.05, 0) is 25.0 Å². The van der Waals surface area contributed by atoms with Crippen LogP contribution in [-0.4, -0.2) is 34.7 Å². The Morgan fingerprint density at radius 3 is 2.88 bits per heavy atom. The molecule has 1 aromatic heterocycles. The van der Waals surface area contributed by atoms with Crippen molar-refractivity contribution in [3.05, 3.63) is 23.9 Å². The first-order valence-electron chi connectivity index (χ1n) is 5.21. The lowest BCUT2D eigenvalue weighted by molar-refractivity contribution is -0.142. The van der Waals surface area contributed by atoms with E-state index in [-0.39, 0.29) is 0 Å². The van der Waals surface area contributed by atoms with E-state index < -0.39 is 11.5 Å². The van der Waals surface area contributed by atoms with Crippen LogP contribution in [0.1, 0.15) is 12.0 Å². The van der Waals surface area contributed by atoms with Crippen molar-refractivity contribution >= 4 is 11.8 Å². The van der Waals surface area contributed by atoms with Gasteiger partial charge in [-0.15, -0.1) is 0 Å². The number of carboxylic acids is 1. The number of nitrogens with zero attached hydrogens (tertiary/aromatic N) is 2. The molecule has 1 aliphatic rings. The Bertz CT molecular complexity index is 404. The molecule has 2 rings (SSSR count). The fourth-order valence-electron chi connectivity index (χ4n) is 1.85. The summed E-state index contributed by atoms with van der Waals surface area (Å²) in [4.78, 5) is 17.2. The maximum absolute atomic E-state index is 11.0. The number of pyridine rings is 1. The molecule has 0 spiro atoms. The highest BCUT2D eigenvalue weighted by atomic mass is 16.4. The molecule has 5 heteroatoms. The van der Waals surface area contributed by atoms with Gasteiger partial charge in [0.15, 0.2) is 0 Å². The second kappa shape index (κ2) is 3.75. The zero-order chi connectivity index (χ0) is 11.8. The van der Waals surface area contributed by atoms with Crippen molar-refractivity contribution < 1.29 is 9.90 Å². The SMILES string of the molecule is Cc1ccc(N2CCC(N)(C(=O)O)C2)nc1. The summed E-state index contributed by atoms with van der Waals surface area (Å²) in [5.74, 6) is -0.152. The van der Waals surface area contributed by atoms with Crippen molar-refractivity contribution in [3.8, 4) is 0 Å². The Kier molecular flexibility index (Phi) is 2.55. The Morgan fingerprint density at radius 2 is 2.38 bits per heavy atom. The molecule has 2 heterocycles. The fourth-order valence-corrected chi connectivity index (χ4v) is 1.85. The molecule has 1 saturated heterocycles. The van der Waals surface area contributed by atoms with E-state index in [9.17, 15) is 4.79 Å². The minimum absolute atomic E-state index is 0.318. The van der Waals surface area contributed by atoms with E-state index in [0.29, 0.717) is 19.5 Å². The fraction of sp³-hybridized carbons (Fsp3) is 0.455. The predicted octanol–water partition coefficient (Wildman–Crippen LogP) is 0.382. The highest BCUT2D eigenvalue weighted by Crippen LogP contribution is 2.23. The third-order valence-electron chi connectivity index (χ3n) is 2.95. The molecule has 1 unspecified atom stereocenters. The van der Waals surface area contributed by atoms with Crippen LogP contribution in [0.4, 0.5) is 5.82 Å². The molecule has 16 heavy (non-hydrogen) atoms. The number of rotatable bonds is 2. The molecule has 1 fully saturated rings. The van der Waals surface area contributed by atoms with E-state index in [2.05, 4.69) is 4.98 Å². The first kappa shape index (κ1) is 10.9. The summed E-state index contributed by atoms with van der Waals surface area (Å²) in [6, 6.07) is 3.85. The van der Waals surface area contributed by atoms with Crippen LogP contribution in [-0.2, 0) is 4.79 Å². The Labute approximate surface area is 93.9 Å². The first-order chi connectivity index (χ1) is 7.51. The van der Waals surface area contributed by atoms with E-state index >= 15 is 0 Å². The molecule has 0 amide bonds. The van der Waals surface area contributed by atoms with Crippen LogP contribution in [0.2, 0.25) is 0 Å². The molecule has 1 atom stereocenters. The molecule has 0 aliphatic carbocycles. The van der Waals surface area contributed by atoms with Gasteiger partial charge in [-0.1, -0.05) is 6.07 Å². The molecule has 0 aromatic carbocycles. The third kappa shape index (κ3) is 1.86. The number of aliphatic carboxylic acids is 1. The van der Waals surface area contributed by atoms with Crippen LogP contribution in [0.5, 0.6) is 0 Å². The van der Waals surface area contributed by atoms with Gasteiger partial charge in [0, 0.05) is 19.3 Å². The molecule has 0 saturated carbocycles. The largest absolute Gasteiger partial charge is 0.480 e. The van der Waals surface area contributed by atoms with Crippen molar-refractivity contribution in [1.29, 1.82) is 0 Å². The summed E-state index contributed by atoms with van der Waals surface area (Å²) in [6.07, 6.45) is 2.23. The summed E-state index contributed by atoms with van der Waals surface area (Å²) >= 11 is 0. The Hall–Kier alpha value is -1.62. The maximum atomic E-state index is 11.0. The van der Waals surface area contributed by atoms with Crippen LogP contribution in [0.3, 0.4) is 0 Å². The monoisotopic (exact) mass is 221 g/mol. The number of aryl methyl sites for hydroxylation is 1. The molecule has 0 bridgehead atoms. The highest BCUT2D eigenvalue weighted by Gasteiger charge is 2.41. The summed E-state index contributed by atoms with van der Waals surface area (Å²) in [6.45, 7) is 2.92. The number of hydrogen-bond donors (Lipinski definition) is 2. The molecular formula is C11H15N3O2. The molecule has 3 N–H and O–H groups in total. The van der Waals surface area contributed by atoms with E-state index in [1.165, 1.54) is 0 Å². The van der Waals surface area contributed by atoms with Crippen molar-refractivity contribution in [2.75, 3.05) is 18.0 Å². The number of aromatic nitrogens is 1. The van der Waals surface area contributed by atoms with Crippen molar-refractivity contribution in [2.24, 2.45) is 5.73 Å². The molecular weight excluding hydrogens is 206 g/mol. The smallest absolute Gasteiger partial charge is 0.325 e. The lowest BCUT2D eigenvalue weighted by Crippen LogP contribution is -2.50. The average Bonchev–Trinajstić information content (AvgIpc) is 2.63. The second-order valence-corrected chi connectivity index (χ2v) is 4.33. The highest BCUT2D eigenvalue weighted by molar-refractivity contribution is 5.80. The van der Waals surface area contributed by atoms with Gasteiger partial charge in [-0.3, -0.25) is 4.79 Å². The number of hydrogen-bond acceptors (Lipinski definition) is 4. The molecule has 1 aromatic rings. The van der Waals surface area contributed by atoms with Crippen LogP contribution < -0.4 is 10.6 Å². The number of anilines is 1. The van der Waals surface area contributed by atoms with E-state index in [0.717, 1.165) is 11.4 Å². The number of carbonyl (C=O) groups is 1. The summed E-state index contributed by atoms with van der Waals surface area (Å²) in [7, 11) is 0. The number of nitrogens with two attached hydrogens (primary N) is 1. The van der Waals surface area contributed by atoms with Gasteiger partial charge in [-0.2, -0.15) is 0 Å². The van der Waals surface area contributed by atoms with Gasteiger partial charge in [-0.25, -0.2) is 4.98 Å². The van der Waals surface area contributed by atoms with Gasteiger partial charge in [0.25, 0.3) is 0 Å². The average molecular weight is 221 g/mol. The van der Waals surface area contributed by atoms with Crippen molar-refractivity contribution in [1.82, 2.24) is 4.98 Å². The normalized spacial score (nSPS) is 24.8. The molecule has 86 valence electrons. The standard InChI is InChI=1S/C11H15N3O2/c1-8-2-3-9(13-6-8)14-5-4-11(12,7-14)10(15)16/h2-3,6H,4-5,7,12H2,1H3,(H,15,16). The Morgan fingerprint density at radius 1 is 1.62 bits per heavy atom. The lowest BCUT2D eigenvalue weighted by atomic mass is 10.0. The molecule has 0 radical (unpaired) electrons. The predicted molar refractivity (Wildman–Crippen MR) is 60.4 cm³/mol. The van der Waals surface area contributed by atoms with Crippen LogP contribution in [0.15, 0.2) is 18.3 Å². The zero-order valence-electron chi connectivity index (χ0n) is 9.18. The van der Waals surface area contributed by atoms with Crippen LogP contribution >= 0.6 is 0 Å². The van der Waals surface area contributed by atoms with Gasteiger partial charge < -0.3 is 15.7 Å². The van der Waals surface area contributed by atoms with Crippen LogP contribution in [0, 0.1) is 6.92 Å². The molecule has 5 nitrogen and oxygen atoms in total. The van der Waals surface area contributed by atoms with E-state index in [1.54, 1.807) is 6.20 Å². The van der Waals surface area contributed by atoms with Gasteiger partial charge in [0.2, 0.25) is 0 Å².